The predicted octanol–water partition coefficient (Wildman–Crippen LogP) is 4.13. The lowest BCUT2D eigenvalue weighted by Gasteiger charge is -2.22. The summed E-state index contributed by atoms with van der Waals surface area (Å²) < 4.78 is 32.2. The second kappa shape index (κ2) is 10.5. The molecule has 0 aliphatic carbocycles. The molecule has 0 aliphatic rings. The molecule has 1 atom stereocenters. The van der Waals surface area contributed by atoms with E-state index in [4.69, 9.17) is 28.1 Å². The first-order valence-electron chi connectivity index (χ1n) is 10.9. The number of ether oxygens (including phenoxy) is 5. The lowest BCUT2D eigenvalue weighted by molar-refractivity contribution is -0.143. The Bertz CT molecular complexity index is 1190. The van der Waals surface area contributed by atoms with Gasteiger partial charge in [0.1, 0.15) is 17.2 Å². The van der Waals surface area contributed by atoms with Crippen molar-refractivity contribution in [2.45, 2.75) is 38.8 Å². The van der Waals surface area contributed by atoms with Crippen molar-refractivity contribution in [3.05, 3.63) is 35.9 Å². The molecule has 0 radical (unpaired) electrons. The summed E-state index contributed by atoms with van der Waals surface area (Å²) in [6, 6.07) is 7.87. The molecule has 1 heterocycles. The fourth-order valence-corrected chi connectivity index (χ4v) is 3.45. The topological polar surface area (TPSA) is 118 Å². The lowest BCUT2D eigenvalue weighted by Crippen LogP contribution is -2.45. The SMILES string of the molecule is COC(=O)[C@H](Cc1ccc2oc(-c3cc(OC)c(OC)c(OC)c3)nc2c1)NC(=O)OC(C)(C)C. The molecule has 0 bridgehead atoms. The Hall–Kier alpha value is -3.95. The zero-order valence-electron chi connectivity index (χ0n) is 20.9. The van der Waals surface area contributed by atoms with E-state index in [0.717, 1.165) is 5.56 Å². The molecule has 188 valence electrons. The number of carbonyl (C=O) groups excluding carboxylic acids is 2. The number of benzene rings is 2. The number of methoxy groups -OCH3 is 4. The number of oxazole rings is 1. The van der Waals surface area contributed by atoms with Gasteiger partial charge >= 0.3 is 12.1 Å². The van der Waals surface area contributed by atoms with Crippen molar-refractivity contribution < 1.29 is 37.7 Å². The Morgan fingerprint density at radius 1 is 1.00 bits per heavy atom. The Labute approximate surface area is 203 Å². The molecule has 2 aromatic carbocycles. The average molecular weight is 487 g/mol. The first-order chi connectivity index (χ1) is 16.6. The van der Waals surface area contributed by atoms with Crippen LogP contribution in [-0.2, 0) is 20.7 Å². The average Bonchev–Trinajstić information content (AvgIpc) is 3.24. The summed E-state index contributed by atoms with van der Waals surface area (Å²) in [4.78, 5) is 29.1. The standard InChI is InChI=1S/C25H30N2O8/c1-25(2,3)35-24(29)27-17(23(28)33-7)11-14-8-9-18-16(10-14)26-22(34-18)15-12-19(30-4)21(32-6)20(13-15)31-5/h8-10,12-13,17H,11H2,1-7H3,(H,27,29)/t17-/m0/s1. The van der Waals surface area contributed by atoms with Crippen molar-refractivity contribution in [3.8, 4) is 28.7 Å². The molecule has 0 spiro atoms. The molecular formula is C25H30N2O8. The highest BCUT2D eigenvalue weighted by Crippen LogP contribution is 2.41. The quantitative estimate of drug-likeness (QED) is 0.469. The molecule has 35 heavy (non-hydrogen) atoms. The first-order valence-corrected chi connectivity index (χ1v) is 10.9. The largest absolute Gasteiger partial charge is 0.493 e. The molecule has 0 aliphatic heterocycles. The number of esters is 1. The molecule has 3 aromatic rings. The van der Waals surface area contributed by atoms with Crippen LogP contribution in [0.25, 0.3) is 22.6 Å². The highest BCUT2D eigenvalue weighted by molar-refractivity contribution is 5.82. The van der Waals surface area contributed by atoms with E-state index in [0.29, 0.717) is 39.8 Å². The van der Waals surface area contributed by atoms with Gasteiger partial charge in [0.25, 0.3) is 0 Å². The third kappa shape index (κ3) is 6.14. The van der Waals surface area contributed by atoms with Crippen LogP contribution in [0.4, 0.5) is 4.79 Å². The lowest BCUT2D eigenvalue weighted by atomic mass is 10.1. The molecule has 1 aromatic heterocycles. The van der Waals surface area contributed by atoms with E-state index in [1.165, 1.54) is 28.4 Å². The zero-order chi connectivity index (χ0) is 25.8. The van der Waals surface area contributed by atoms with E-state index in [1.54, 1.807) is 51.1 Å². The minimum Gasteiger partial charge on any atom is -0.493 e. The number of aromatic nitrogens is 1. The summed E-state index contributed by atoms with van der Waals surface area (Å²) in [6.45, 7) is 5.22. The minimum atomic E-state index is -0.936. The first kappa shape index (κ1) is 25.7. The molecule has 0 saturated heterocycles. The number of nitrogens with one attached hydrogen (secondary N) is 1. The number of amides is 1. The molecule has 0 saturated carbocycles. The van der Waals surface area contributed by atoms with Gasteiger partial charge in [-0.05, 0) is 50.6 Å². The van der Waals surface area contributed by atoms with Gasteiger partial charge in [-0.3, -0.25) is 0 Å². The van der Waals surface area contributed by atoms with Crippen molar-refractivity contribution in [2.75, 3.05) is 28.4 Å². The van der Waals surface area contributed by atoms with E-state index in [1.807, 2.05) is 0 Å². The Kier molecular flexibility index (Phi) is 7.73. The van der Waals surface area contributed by atoms with Gasteiger partial charge in [0.05, 0.1) is 28.4 Å². The minimum absolute atomic E-state index is 0.175. The van der Waals surface area contributed by atoms with Crippen molar-refractivity contribution in [1.29, 1.82) is 0 Å². The van der Waals surface area contributed by atoms with Crippen LogP contribution in [0, 0.1) is 0 Å². The van der Waals surface area contributed by atoms with Gasteiger partial charge < -0.3 is 33.4 Å². The number of fused-ring (bicyclic) bond motifs is 1. The third-order valence-electron chi connectivity index (χ3n) is 4.98. The molecule has 1 N–H and O–H groups in total. The van der Waals surface area contributed by atoms with Gasteiger partial charge in [0.2, 0.25) is 11.6 Å². The fourth-order valence-electron chi connectivity index (χ4n) is 3.45. The Balaban J connectivity index is 1.89. The van der Waals surface area contributed by atoms with Crippen LogP contribution in [0.15, 0.2) is 34.7 Å². The molecule has 3 rings (SSSR count). The summed E-state index contributed by atoms with van der Waals surface area (Å²) in [5, 5.41) is 2.57. The number of carbonyl (C=O) groups is 2. The van der Waals surface area contributed by atoms with Crippen LogP contribution in [0.3, 0.4) is 0 Å². The van der Waals surface area contributed by atoms with Crippen molar-refractivity contribution in [3.63, 3.8) is 0 Å². The van der Waals surface area contributed by atoms with E-state index in [2.05, 4.69) is 10.3 Å². The third-order valence-corrected chi connectivity index (χ3v) is 4.98. The Morgan fingerprint density at radius 2 is 1.66 bits per heavy atom. The smallest absolute Gasteiger partial charge is 0.408 e. The van der Waals surface area contributed by atoms with Gasteiger partial charge in [-0.25, -0.2) is 14.6 Å². The number of rotatable bonds is 8. The van der Waals surface area contributed by atoms with Gasteiger partial charge in [0, 0.05) is 12.0 Å². The van der Waals surface area contributed by atoms with Gasteiger partial charge in [-0.1, -0.05) is 6.07 Å². The number of alkyl carbamates (subject to hydrolysis) is 1. The van der Waals surface area contributed by atoms with E-state index in [9.17, 15) is 9.59 Å². The molecule has 10 heteroatoms. The van der Waals surface area contributed by atoms with Crippen molar-refractivity contribution in [1.82, 2.24) is 10.3 Å². The van der Waals surface area contributed by atoms with Gasteiger partial charge in [0.15, 0.2) is 17.1 Å². The normalized spacial score (nSPS) is 12.1. The summed E-state index contributed by atoms with van der Waals surface area (Å²) >= 11 is 0. The van der Waals surface area contributed by atoms with Crippen molar-refractivity contribution >= 4 is 23.2 Å². The summed E-state index contributed by atoms with van der Waals surface area (Å²) in [5.41, 5.74) is 1.80. The van der Waals surface area contributed by atoms with Crippen molar-refractivity contribution in [2.24, 2.45) is 0 Å². The molecule has 0 unspecified atom stereocenters. The molecule has 10 nitrogen and oxygen atoms in total. The Morgan fingerprint density at radius 3 is 2.20 bits per heavy atom. The van der Waals surface area contributed by atoms with E-state index in [-0.39, 0.29) is 6.42 Å². The predicted molar refractivity (Wildman–Crippen MR) is 128 cm³/mol. The maximum absolute atomic E-state index is 12.3. The second-order valence-electron chi connectivity index (χ2n) is 8.66. The zero-order valence-corrected chi connectivity index (χ0v) is 20.9. The van der Waals surface area contributed by atoms with Crippen LogP contribution in [0.2, 0.25) is 0 Å². The fraction of sp³-hybridized carbons (Fsp3) is 0.400. The van der Waals surface area contributed by atoms with Crippen LogP contribution >= 0.6 is 0 Å². The van der Waals surface area contributed by atoms with E-state index < -0.39 is 23.7 Å². The molecule has 0 fully saturated rings. The highest BCUT2D eigenvalue weighted by Gasteiger charge is 2.26. The summed E-state index contributed by atoms with van der Waals surface area (Å²) in [7, 11) is 5.85. The summed E-state index contributed by atoms with van der Waals surface area (Å²) in [5.74, 6) is 1.17. The maximum Gasteiger partial charge on any atom is 0.408 e. The number of nitrogens with zero attached hydrogens (tertiary/aromatic N) is 1. The van der Waals surface area contributed by atoms with Gasteiger partial charge in [-0.2, -0.15) is 0 Å². The van der Waals surface area contributed by atoms with Crippen LogP contribution in [0.5, 0.6) is 17.2 Å². The summed E-state index contributed by atoms with van der Waals surface area (Å²) in [6.07, 6.45) is -0.533. The number of hydrogen-bond donors (Lipinski definition) is 1. The monoisotopic (exact) mass is 486 g/mol. The van der Waals surface area contributed by atoms with E-state index >= 15 is 0 Å². The second-order valence-corrected chi connectivity index (χ2v) is 8.66. The van der Waals surface area contributed by atoms with Gasteiger partial charge in [-0.15, -0.1) is 0 Å². The van der Waals surface area contributed by atoms with Crippen LogP contribution in [-0.4, -0.2) is 57.1 Å². The highest BCUT2D eigenvalue weighted by atomic mass is 16.6. The molecular weight excluding hydrogens is 456 g/mol. The van der Waals surface area contributed by atoms with Crippen LogP contribution in [0.1, 0.15) is 26.3 Å². The van der Waals surface area contributed by atoms with Crippen LogP contribution < -0.4 is 19.5 Å². The number of hydrogen-bond acceptors (Lipinski definition) is 9. The maximum atomic E-state index is 12.3. The molecule has 1 amide bonds.